The molecule has 0 aliphatic heterocycles. The summed E-state index contributed by atoms with van der Waals surface area (Å²) in [6.07, 6.45) is 7.24. The molecule has 0 unspecified atom stereocenters. The molecule has 1 aliphatic rings. The molecule has 3 nitrogen and oxygen atoms in total. The number of fused-ring (bicyclic) bond motifs is 1. The molecule has 20 heavy (non-hydrogen) atoms. The standard InChI is InChI=1S/C17H24N2O/c1-17(2,3)14-10-13-8-9-18-15(13)19-16(14)20-11-12-6-4-5-7-12/h8-10,12H,4-7,11H2,1-3H3,(H,18,19). The summed E-state index contributed by atoms with van der Waals surface area (Å²) in [5.41, 5.74) is 2.16. The molecule has 1 fully saturated rings. The first kappa shape index (κ1) is 13.5. The topological polar surface area (TPSA) is 37.9 Å². The lowest BCUT2D eigenvalue weighted by atomic mass is 9.87. The van der Waals surface area contributed by atoms with Gasteiger partial charge in [0.05, 0.1) is 6.61 Å². The molecule has 3 rings (SSSR count). The van der Waals surface area contributed by atoms with E-state index in [-0.39, 0.29) is 5.41 Å². The molecule has 108 valence electrons. The lowest BCUT2D eigenvalue weighted by Gasteiger charge is -2.23. The molecule has 2 heterocycles. The molecular weight excluding hydrogens is 248 g/mol. The summed E-state index contributed by atoms with van der Waals surface area (Å²) in [6.45, 7) is 7.45. The zero-order chi connectivity index (χ0) is 14.2. The van der Waals surface area contributed by atoms with Crippen molar-refractivity contribution in [3.63, 3.8) is 0 Å². The van der Waals surface area contributed by atoms with Gasteiger partial charge < -0.3 is 9.72 Å². The van der Waals surface area contributed by atoms with Crippen LogP contribution in [0.2, 0.25) is 0 Å². The van der Waals surface area contributed by atoms with Gasteiger partial charge in [-0.05, 0) is 36.3 Å². The van der Waals surface area contributed by atoms with E-state index < -0.39 is 0 Å². The number of hydrogen-bond acceptors (Lipinski definition) is 2. The second kappa shape index (κ2) is 5.12. The molecule has 0 bridgehead atoms. The van der Waals surface area contributed by atoms with Crippen LogP contribution in [0.3, 0.4) is 0 Å². The molecule has 0 amide bonds. The van der Waals surface area contributed by atoms with Gasteiger partial charge in [-0.3, -0.25) is 0 Å². The normalized spacial score (nSPS) is 16.9. The largest absolute Gasteiger partial charge is 0.477 e. The number of pyridine rings is 1. The summed E-state index contributed by atoms with van der Waals surface area (Å²) in [4.78, 5) is 7.86. The fraction of sp³-hybridized carbons (Fsp3) is 0.588. The quantitative estimate of drug-likeness (QED) is 0.897. The Hall–Kier alpha value is -1.51. The van der Waals surface area contributed by atoms with Crippen molar-refractivity contribution >= 4 is 11.0 Å². The van der Waals surface area contributed by atoms with Crippen molar-refractivity contribution in [3.05, 3.63) is 23.9 Å². The molecule has 0 saturated heterocycles. The summed E-state index contributed by atoms with van der Waals surface area (Å²) >= 11 is 0. The highest BCUT2D eigenvalue weighted by Gasteiger charge is 2.23. The van der Waals surface area contributed by atoms with Gasteiger partial charge in [0.2, 0.25) is 5.88 Å². The first-order valence-electron chi connectivity index (χ1n) is 7.65. The molecule has 2 aromatic heterocycles. The van der Waals surface area contributed by atoms with Crippen LogP contribution < -0.4 is 4.74 Å². The van der Waals surface area contributed by atoms with Gasteiger partial charge in [0, 0.05) is 17.1 Å². The van der Waals surface area contributed by atoms with Crippen LogP contribution in [0, 0.1) is 5.92 Å². The fourth-order valence-electron chi connectivity index (χ4n) is 2.99. The number of hydrogen-bond donors (Lipinski definition) is 1. The van der Waals surface area contributed by atoms with E-state index in [2.05, 4.69) is 42.9 Å². The van der Waals surface area contributed by atoms with Crippen molar-refractivity contribution < 1.29 is 4.74 Å². The average molecular weight is 272 g/mol. The number of nitrogens with zero attached hydrogens (tertiary/aromatic N) is 1. The van der Waals surface area contributed by atoms with Crippen LogP contribution >= 0.6 is 0 Å². The second-order valence-corrected chi connectivity index (χ2v) is 6.97. The minimum Gasteiger partial charge on any atom is -0.477 e. The zero-order valence-corrected chi connectivity index (χ0v) is 12.7. The maximum atomic E-state index is 6.09. The lowest BCUT2D eigenvalue weighted by Crippen LogP contribution is -2.17. The highest BCUT2D eigenvalue weighted by atomic mass is 16.5. The lowest BCUT2D eigenvalue weighted by molar-refractivity contribution is 0.239. The number of ether oxygens (including phenoxy) is 1. The number of aromatic amines is 1. The predicted octanol–water partition coefficient (Wildman–Crippen LogP) is 4.43. The van der Waals surface area contributed by atoms with E-state index >= 15 is 0 Å². The molecule has 2 aromatic rings. The van der Waals surface area contributed by atoms with E-state index in [1.165, 1.54) is 31.2 Å². The van der Waals surface area contributed by atoms with E-state index in [1.54, 1.807) is 0 Å². The molecular formula is C17H24N2O. The van der Waals surface area contributed by atoms with Crippen LogP contribution in [-0.4, -0.2) is 16.6 Å². The molecule has 1 aliphatic carbocycles. The third-order valence-electron chi connectivity index (χ3n) is 4.24. The van der Waals surface area contributed by atoms with Gasteiger partial charge >= 0.3 is 0 Å². The van der Waals surface area contributed by atoms with Gasteiger partial charge in [-0.25, -0.2) is 0 Å². The first-order chi connectivity index (χ1) is 9.54. The number of nitrogens with one attached hydrogen (secondary N) is 1. The van der Waals surface area contributed by atoms with E-state index in [4.69, 9.17) is 4.74 Å². The number of aromatic nitrogens is 2. The maximum Gasteiger partial charge on any atom is 0.219 e. The van der Waals surface area contributed by atoms with Crippen LogP contribution in [0.1, 0.15) is 52.0 Å². The minimum absolute atomic E-state index is 0.0451. The Morgan fingerprint density at radius 2 is 2.05 bits per heavy atom. The minimum atomic E-state index is 0.0451. The van der Waals surface area contributed by atoms with Gasteiger partial charge in [0.15, 0.2) is 0 Å². The molecule has 1 N–H and O–H groups in total. The summed E-state index contributed by atoms with van der Waals surface area (Å²) in [5.74, 6) is 1.52. The van der Waals surface area contributed by atoms with Crippen molar-refractivity contribution in [2.45, 2.75) is 51.9 Å². The predicted molar refractivity (Wildman–Crippen MR) is 82.2 cm³/mol. The molecule has 1 saturated carbocycles. The van der Waals surface area contributed by atoms with Gasteiger partial charge in [-0.1, -0.05) is 33.6 Å². The highest BCUT2D eigenvalue weighted by Crippen LogP contribution is 2.33. The Morgan fingerprint density at radius 1 is 1.30 bits per heavy atom. The molecule has 0 radical (unpaired) electrons. The molecule has 0 atom stereocenters. The Kier molecular flexibility index (Phi) is 3.45. The van der Waals surface area contributed by atoms with Crippen LogP contribution in [0.25, 0.3) is 11.0 Å². The van der Waals surface area contributed by atoms with Crippen LogP contribution in [0.4, 0.5) is 0 Å². The van der Waals surface area contributed by atoms with Crippen LogP contribution in [0.15, 0.2) is 18.3 Å². The monoisotopic (exact) mass is 272 g/mol. The van der Waals surface area contributed by atoms with E-state index in [0.29, 0.717) is 5.92 Å². The third kappa shape index (κ3) is 2.67. The molecule has 3 heteroatoms. The number of H-pyrrole nitrogens is 1. The van der Waals surface area contributed by atoms with Gasteiger partial charge in [0.1, 0.15) is 5.65 Å². The summed E-state index contributed by atoms with van der Waals surface area (Å²) in [7, 11) is 0. The number of rotatable bonds is 3. The molecule has 0 spiro atoms. The van der Waals surface area contributed by atoms with E-state index in [0.717, 1.165) is 23.5 Å². The Bertz CT molecular complexity index is 589. The van der Waals surface area contributed by atoms with E-state index in [1.807, 2.05) is 6.20 Å². The fourth-order valence-corrected chi connectivity index (χ4v) is 2.99. The highest BCUT2D eigenvalue weighted by molar-refractivity contribution is 5.77. The Morgan fingerprint density at radius 3 is 2.75 bits per heavy atom. The third-order valence-corrected chi connectivity index (χ3v) is 4.24. The summed E-state index contributed by atoms with van der Waals surface area (Å²) < 4.78 is 6.09. The SMILES string of the molecule is CC(C)(C)c1cc2cc[nH]c2nc1OCC1CCCC1. The van der Waals surface area contributed by atoms with Crippen LogP contribution in [0.5, 0.6) is 5.88 Å². The van der Waals surface area contributed by atoms with Crippen molar-refractivity contribution in [1.29, 1.82) is 0 Å². The first-order valence-corrected chi connectivity index (χ1v) is 7.65. The summed E-state index contributed by atoms with van der Waals surface area (Å²) in [6, 6.07) is 4.28. The Labute approximate surface area is 120 Å². The summed E-state index contributed by atoms with van der Waals surface area (Å²) in [5, 5.41) is 1.16. The van der Waals surface area contributed by atoms with Crippen molar-refractivity contribution in [1.82, 2.24) is 9.97 Å². The van der Waals surface area contributed by atoms with Crippen LogP contribution in [-0.2, 0) is 5.41 Å². The van der Waals surface area contributed by atoms with Crippen molar-refractivity contribution in [2.75, 3.05) is 6.61 Å². The average Bonchev–Trinajstić information content (AvgIpc) is 3.04. The van der Waals surface area contributed by atoms with Crippen molar-refractivity contribution in [2.24, 2.45) is 5.92 Å². The second-order valence-electron chi connectivity index (χ2n) is 6.97. The molecule has 0 aromatic carbocycles. The van der Waals surface area contributed by atoms with E-state index in [9.17, 15) is 0 Å². The van der Waals surface area contributed by atoms with Gasteiger partial charge in [0.25, 0.3) is 0 Å². The van der Waals surface area contributed by atoms with Crippen molar-refractivity contribution in [3.8, 4) is 5.88 Å². The van der Waals surface area contributed by atoms with Gasteiger partial charge in [-0.2, -0.15) is 4.98 Å². The smallest absolute Gasteiger partial charge is 0.219 e. The zero-order valence-electron chi connectivity index (χ0n) is 12.7. The van der Waals surface area contributed by atoms with Gasteiger partial charge in [-0.15, -0.1) is 0 Å². The maximum absolute atomic E-state index is 6.09. The Balaban J connectivity index is 1.89.